The molecule has 1 rings (SSSR count). The first-order valence-electron chi connectivity index (χ1n) is 4.01. The number of hydrogen-bond donors (Lipinski definition) is 2. The molecular formula is C9H12BrN3. The average Bonchev–Trinajstić information content (AvgIpc) is 2.11. The topological polar surface area (TPSA) is 64.9 Å². The number of hydrogen-bond acceptors (Lipinski definition) is 3. The predicted molar refractivity (Wildman–Crippen MR) is 59.1 cm³/mol. The van der Waals surface area contributed by atoms with E-state index in [4.69, 9.17) is 11.5 Å². The summed E-state index contributed by atoms with van der Waals surface area (Å²) in [6.45, 7) is 0.651. The van der Waals surface area contributed by atoms with Gasteiger partial charge in [-0.2, -0.15) is 0 Å². The van der Waals surface area contributed by atoms with E-state index in [-0.39, 0.29) is 0 Å². The zero-order valence-electron chi connectivity index (χ0n) is 7.20. The molecule has 0 radical (unpaired) electrons. The molecule has 0 saturated heterocycles. The summed E-state index contributed by atoms with van der Waals surface area (Å²) in [5, 5.41) is 0. The molecule has 0 unspecified atom stereocenters. The van der Waals surface area contributed by atoms with Crippen LogP contribution in [0, 0.1) is 0 Å². The quantitative estimate of drug-likeness (QED) is 0.849. The summed E-state index contributed by atoms with van der Waals surface area (Å²) < 4.78 is 0.925. The molecule has 0 aliphatic heterocycles. The van der Waals surface area contributed by atoms with Gasteiger partial charge < -0.3 is 11.5 Å². The highest BCUT2D eigenvalue weighted by atomic mass is 79.9. The van der Waals surface area contributed by atoms with Crippen molar-refractivity contribution in [1.82, 2.24) is 4.98 Å². The Morgan fingerprint density at radius 2 is 2.31 bits per heavy atom. The molecule has 0 bridgehead atoms. The van der Waals surface area contributed by atoms with Crippen molar-refractivity contribution in [2.45, 2.75) is 6.42 Å². The molecule has 1 aromatic heterocycles. The van der Waals surface area contributed by atoms with Crippen molar-refractivity contribution in [2.24, 2.45) is 5.73 Å². The second-order valence-electron chi connectivity index (χ2n) is 2.61. The van der Waals surface area contributed by atoms with Crippen LogP contribution < -0.4 is 11.5 Å². The van der Waals surface area contributed by atoms with E-state index in [9.17, 15) is 0 Å². The lowest BCUT2D eigenvalue weighted by atomic mass is 10.2. The van der Waals surface area contributed by atoms with Crippen molar-refractivity contribution in [3.8, 4) is 0 Å². The van der Waals surface area contributed by atoms with Gasteiger partial charge in [-0.3, -0.25) is 0 Å². The summed E-state index contributed by atoms with van der Waals surface area (Å²) in [5.74, 6) is 0.538. The summed E-state index contributed by atoms with van der Waals surface area (Å²) in [7, 11) is 0. The van der Waals surface area contributed by atoms with E-state index in [1.807, 2.05) is 18.2 Å². The third kappa shape index (κ3) is 3.16. The Labute approximate surface area is 86.0 Å². The maximum atomic E-state index is 5.66. The van der Waals surface area contributed by atoms with Crippen LogP contribution in [0.25, 0.3) is 6.08 Å². The number of halogens is 1. The lowest BCUT2D eigenvalue weighted by Gasteiger charge is -1.99. The number of aromatic nitrogens is 1. The molecule has 13 heavy (non-hydrogen) atoms. The lowest BCUT2D eigenvalue weighted by molar-refractivity contribution is 1.01. The van der Waals surface area contributed by atoms with E-state index in [0.717, 1.165) is 16.5 Å². The molecule has 0 aromatic carbocycles. The van der Waals surface area contributed by atoms with Crippen molar-refractivity contribution < 1.29 is 0 Å². The molecular weight excluding hydrogens is 230 g/mol. The van der Waals surface area contributed by atoms with E-state index in [1.54, 1.807) is 6.20 Å². The van der Waals surface area contributed by atoms with E-state index < -0.39 is 0 Å². The van der Waals surface area contributed by atoms with Crippen LogP contribution in [0.15, 0.2) is 22.8 Å². The van der Waals surface area contributed by atoms with Gasteiger partial charge in [-0.1, -0.05) is 12.2 Å². The zero-order chi connectivity index (χ0) is 9.68. The Kier molecular flexibility index (Phi) is 3.92. The van der Waals surface area contributed by atoms with Crippen molar-refractivity contribution >= 4 is 27.8 Å². The van der Waals surface area contributed by atoms with Gasteiger partial charge in [0.2, 0.25) is 0 Å². The molecule has 0 atom stereocenters. The van der Waals surface area contributed by atoms with E-state index in [0.29, 0.717) is 12.4 Å². The predicted octanol–water partition coefficient (Wildman–Crippen LogP) is 1.79. The van der Waals surface area contributed by atoms with Gasteiger partial charge in [-0.25, -0.2) is 4.98 Å². The Bertz CT molecular complexity index is 310. The third-order valence-corrected chi connectivity index (χ3v) is 1.98. The molecule has 4 N–H and O–H groups in total. The zero-order valence-corrected chi connectivity index (χ0v) is 8.79. The minimum atomic E-state index is 0.538. The van der Waals surface area contributed by atoms with Gasteiger partial charge in [0.05, 0.1) is 0 Å². The molecule has 70 valence electrons. The summed E-state index contributed by atoms with van der Waals surface area (Å²) in [6, 6.07) is 1.93. The lowest BCUT2D eigenvalue weighted by Crippen LogP contribution is -1.96. The number of pyridine rings is 1. The third-order valence-electron chi connectivity index (χ3n) is 1.55. The number of nitrogens with two attached hydrogens (primary N) is 2. The molecule has 0 aliphatic carbocycles. The monoisotopic (exact) mass is 241 g/mol. The van der Waals surface area contributed by atoms with Crippen LogP contribution in [-0.2, 0) is 0 Å². The fourth-order valence-corrected chi connectivity index (χ4v) is 1.25. The van der Waals surface area contributed by atoms with Gasteiger partial charge in [0.15, 0.2) is 0 Å². The second-order valence-corrected chi connectivity index (χ2v) is 3.52. The highest BCUT2D eigenvalue weighted by molar-refractivity contribution is 9.10. The fourth-order valence-electron chi connectivity index (χ4n) is 0.906. The molecule has 1 aromatic rings. The Morgan fingerprint density at radius 3 is 3.00 bits per heavy atom. The molecule has 0 fully saturated rings. The molecule has 0 saturated carbocycles. The van der Waals surface area contributed by atoms with Crippen LogP contribution in [0.5, 0.6) is 0 Å². The highest BCUT2D eigenvalue weighted by Crippen LogP contribution is 2.16. The number of nitrogen functional groups attached to an aromatic ring is 1. The molecule has 3 nitrogen and oxygen atoms in total. The van der Waals surface area contributed by atoms with Gasteiger partial charge in [0.25, 0.3) is 0 Å². The SMILES string of the molecule is NCCC=Cc1cc(Br)cnc1N. The maximum absolute atomic E-state index is 5.66. The van der Waals surface area contributed by atoms with Crippen LogP contribution >= 0.6 is 15.9 Å². The van der Waals surface area contributed by atoms with E-state index >= 15 is 0 Å². The van der Waals surface area contributed by atoms with Crippen molar-refractivity contribution in [2.75, 3.05) is 12.3 Å². The van der Waals surface area contributed by atoms with Crippen LogP contribution in [0.1, 0.15) is 12.0 Å². The van der Waals surface area contributed by atoms with Crippen molar-refractivity contribution in [1.29, 1.82) is 0 Å². The van der Waals surface area contributed by atoms with Crippen molar-refractivity contribution in [3.63, 3.8) is 0 Å². The van der Waals surface area contributed by atoms with Gasteiger partial charge in [-0.15, -0.1) is 0 Å². The highest BCUT2D eigenvalue weighted by Gasteiger charge is 1.96. The van der Waals surface area contributed by atoms with Crippen molar-refractivity contribution in [3.05, 3.63) is 28.4 Å². The number of rotatable bonds is 3. The van der Waals surface area contributed by atoms with E-state index in [2.05, 4.69) is 20.9 Å². The standard InChI is InChI=1S/C9H12BrN3/c10-8-5-7(3-1-2-4-11)9(12)13-6-8/h1,3,5-6H,2,4,11H2,(H2,12,13). The minimum absolute atomic E-state index is 0.538. The molecule has 0 spiro atoms. The molecule has 4 heteroatoms. The largest absolute Gasteiger partial charge is 0.383 e. The minimum Gasteiger partial charge on any atom is -0.383 e. The summed E-state index contributed by atoms with van der Waals surface area (Å²) in [4.78, 5) is 4.01. The Hall–Kier alpha value is -0.870. The van der Waals surface area contributed by atoms with Gasteiger partial charge >= 0.3 is 0 Å². The van der Waals surface area contributed by atoms with Crippen LogP contribution in [0.3, 0.4) is 0 Å². The van der Waals surface area contributed by atoms with E-state index in [1.165, 1.54) is 0 Å². The molecule has 1 heterocycles. The maximum Gasteiger partial charge on any atom is 0.130 e. The smallest absolute Gasteiger partial charge is 0.130 e. The van der Waals surface area contributed by atoms with Gasteiger partial charge in [0, 0.05) is 16.2 Å². The summed E-state index contributed by atoms with van der Waals surface area (Å²) in [6.07, 6.45) is 6.45. The fraction of sp³-hybridized carbons (Fsp3) is 0.222. The number of anilines is 1. The van der Waals surface area contributed by atoms with Gasteiger partial charge in [-0.05, 0) is 35.0 Å². The first-order chi connectivity index (χ1) is 6.24. The van der Waals surface area contributed by atoms with Gasteiger partial charge in [0.1, 0.15) is 5.82 Å². The van der Waals surface area contributed by atoms with Crippen LogP contribution in [-0.4, -0.2) is 11.5 Å². The summed E-state index contributed by atoms with van der Waals surface area (Å²) in [5.41, 5.74) is 11.9. The molecule has 0 amide bonds. The number of nitrogens with zero attached hydrogens (tertiary/aromatic N) is 1. The average molecular weight is 242 g/mol. The first-order valence-corrected chi connectivity index (χ1v) is 4.81. The Balaban J connectivity index is 2.81. The first kappa shape index (κ1) is 10.2. The normalized spacial score (nSPS) is 10.9. The van der Waals surface area contributed by atoms with Crippen LogP contribution in [0.2, 0.25) is 0 Å². The van der Waals surface area contributed by atoms with Crippen LogP contribution in [0.4, 0.5) is 5.82 Å². The second kappa shape index (κ2) is 4.99. The molecule has 0 aliphatic rings. The summed E-state index contributed by atoms with van der Waals surface area (Å²) >= 11 is 3.33. The Morgan fingerprint density at radius 1 is 1.54 bits per heavy atom.